The molecule has 0 saturated heterocycles. The molecule has 2 rings (SSSR count). The molecule has 2 N–H and O–H groups in total. The van der Waals surface area contributed by atoms with E-state index in [1.165, 1.54) is 0 Å². The molecule has 1 aliphatic rings. The number of anilines is 1. The minimum Gasteiger partial charge on any atom is -0.390 e. The van der Waals surface area contributed by atoms with Crippen molar-refractivity contribution in [3.63, 3.8) is 0 Å². The lowest BCUT2D eigenvalue weighted by Gasteiger charge is -2.41. The van der Waals surface area contributed by atoms with Crippen LogP contribution in [0.1, 0.15) is 25.3 Å². The number of hydrogen-bond acceptors (Lipinski definition) is 4. The van der Waals surface area contributed by atoms with E-state index in [1.54, 1.807) is 6.92 Å². The Hall–Kier alpha value is -1.83. The van der Waals surface area contributed by atoms with Gasteiger partial charge in [0.05, 0.1) is 16.1 Å². The van der Waals surface area contributed by atoms with E-state index in [0.29, 0.717) is 0 Å². The highest BCUT2D eigenvalue weighted by molar-refractivity contribution is 5.68. The van der Waals surface area contributed by atoms with Crippen LogP contribution < -0.4 is 5.32 Å². The lowest BCUT2D eigenvalue weighted by molar-refractivity contribution is -0.384. The molecule has 0 unspecified atom stereocenters. The highest BCUT2D eigenvalue weighted by Crippen LogP contribution is 2.42. The number of nitrogens with zero attached hydrogens (tertiary/aromatic N) is 1. The van der Waals surface area contributed by atoms with E-state index in [4.69, 9.17) is 0 Å². The van der Waals surface area contributed by atoms with Gasteiger partial charge in [0.25, 0.3) is 5.69 Å². The van der Waals surface area contributed by atoms with Crippen molar-refractivity contribution in [1.29, 1.82) is 0 Å². The molecule has 0 heterocycles. The number of rotatable bonds is 3. The van der Waals surface area contributed by atoms with E-state index in [1.807, 2.05) is 0 Å². The molecule has 0 atom stereocenters. The van der Waals surface area contributed by atoms with E-state index in [0.717, 1.165) is 18.2 Å². The number of para-hydroxylation sites is 1. The fourth-order valence-corrected chi connectivity index (χ4v) is 2.39. The predicted octanol–water partition coefficient (Wildman–Crippen LogP) is 2.94. The monoisotopic (exact) mass is 290 g/mol. The second-order valence-corrected chi connectivity index (χ2v) is 5.20. The van der Waals surface area contributed by atoms with E-state index < -0.39 is 39.7 Å². The van der Waals surface area contributed by atoms with Crippen LogP contribution in [-0.4, -0.2) is 21.7 Å². The lowest BCUT2D eigenvalue weighted by atomic mass is 9.77. The van der Waals surface area contributed by atoms with Crippen LogP contribution in [0.25, 0.3) is 0 Å². The SMILES string of the molecule is C[C@]1(O)C[C@@H](Nc2c([N+](=O)[O-])cccc2C(F)(F)F)C1. The largest absolute Gasteiger partial charge is 0.418 e. The van der Waals surface area contributed by atoms with E-state index >= 15 is 0 Å². The Morgan fingerprint density at radius 3 is 2.50 bits per heavy atom. The molecule has 1 fully saturated rings. The first kappa shape index (κ1) is 14.6. The molecule has 8 heteroatoms. The molecule has 0 aromatic heterocycles. The zero-order valence-electron chi connectivity index (χ0n) is 10.6. The highest BCUT2D eigenvalue weighted by atomic mass is 19.4. The topological polar surface area (TPSA) is 75.4 Å². The first-order valence-corrected chi connectivity index (χ1v) is 5.94. The maximum Gasteiger partial charge on any atom is 0.418 e. The Morgan fingerprint density at radius 1 is 1.45 bits per heavy atom. The lowest BCUT2D eigenvalue weighted by Crippen LogP contribution is -2.48. The smallest absolute Gasteiger partial charge is 0.390 e. The van der Waals surface area contributed by atoms with Crippen molar-refractivity contribution in [2.75, 3.05) is 5.32 Å². The van der Waals surface area contributed by atoms with Gasteiger partial charge < -0.3 is 10.4 Å². The summed E-state index contributed by atoms with van der Waals surface area (Å²) < 4.78 is 38.7. The summed E-state index contributed by atoms with van der Waals surface area (Å²) in [5.41, 5.74) is -3.16. The Morgan fingerprint density at radius 2 is 2.05 bits per heavy atom. The average Bonchev–Trinajstić information content (AvgIpc) is 2.24. The highest BCUT2D eigenvalue weighted by Gasteiger charge is 2.42. The van der Waals surface area contributed by atoms with Crippen molar-refractivity contribution in [3.05, 3.63) is 33.9 Å². The molecule has 0 spiro atoms. The standard InChI is InChI=1S/C12H13F3N2O3/c1-11(18)5-7(6-11)16-10-8(12(13,14)15)3-2-4-9(10)17(19)20/h2-4,7,16,18H,5-6H2,1H3/t7-,11+. The van der Waals surface area contributed by atoms with E-state index in [2.05, 4.69) is 5.32 Å². The molecule has 0 bridgehead atoms. The van der Waals surface area contributed by atoms with Crippen LogP contribution in [0, 0.1) is 10.1 Å². The second-order valence-electron chi connectivity index (χ2n) is 5.20. The summed E-state index contributed by atoms with van der Waals surface area (Å²) in [5.74, 6) is 0. The fourth-order valence-electron chi connectivity index (χ4n) is 2.39. The first-order chi connectivity index (χ1) is 9.10. The third-order valence-corrected chi connectivity index (χ3v) is 3.27. The maximum atomic E-state index is 12.9. The number of aliphatic hydroxyl groups is 1. The summed E-state index contributed by atoms with van der Waals surface area (Å²) in [6, 6.07) is 2.41. The molecule has 1 aromatic rings. The molecule has 1 saturated carbocycles. The van der Waals surface area contributed by atoms with Crippen LogP contribution in [0.2, 0.25) is 0 Å². The van der Waals surface area contributed by atoms with Gasteiger partial charge in [-0.15, -0.1) is 0 Å². The van der Waals surface area contributed by atoms with Crippen molar-refractivity contribution in [3.8, 4) is 0 Å². The molecule has 0 radical (unpaired) electrons. The molecule has 20 heavy (non-hydrogen) atoms. The molecule has 110 valence electrons. The quantitative estimate of drug-likeness (QED) is 0.663. The van der Waals surface area contributed by atoms with Gasteiger partial charge >= 0.3 is 6.18 Å². The zero-order chi connectivity index (χ0) is 15.1. The van der Waals surface area contributed by atoms with E-state index in [9.17, 15) is 28.4 Å². The minimum atomic E-state index is -4.68. The molecule has 1 aliphatic carbocycles. The molecule has 5 nitrogen and oxygen atoms in total. The second kappa shape index (κ2) is 4.62. The van der Waals surface area contributed by atoms with Crippen molar-refractivity contribution < 1.29 is 23.2 Å². The summed E-state index contributed by atoms with van der Waals surface area (Å²) in [5, 5.41) is 23.0. The number of nitro benzene ring substituents is 1. The Bertz CT molecular complexity index is 535. The van der Waals surface area contributed by atoms with E-state index in [-0.39, 0.29) is 12.8 Å². The Kier molecular flexibility index (Phi) is 3.37. The minimum absolute atomic E-state index is 0.246. The molecule has 0 amide bonds. The van der Waals surface area contributed by atoms with Crippen LogP contribution in [0.15, 0.2) is 18.2 Å². The van der Waals surface area contributed by atoms with Crippen molar-refractivity contribution in [2.24, 2.45) is 0 Å². The van der Waals surface area contributed by atoms with Crippen LogP contribution in [0.4, 0.5) is 24.5 Å². The molecular weight excluding hydrogens is 277 g/mol. The zero-order valence-corrected chi connectivity index (χ0v) is 10.6. The number of nitro groups is 1. The van der Waals surface area contributed by atoms with Gasteiger partial charge in [0.2, 0.25) is 0 Å². The summed E-state index contributed by atoms with van der Waals surface area (Å²) in [4.78, 5) is 10.0. The summed E-state index contributed by atoms with van der Waals surface area (Å²) in [6.45, 7) is 1.56. The Labute approximate surface area is 112 Å². The van der Waals surface area contributed by atoms with Gasteiger partial charge in [-0.25, -0.2) is 0 Å². The average molecular weight is 290 g/mol. The maximum absolute atomic E-state index is 12.9. The molecular formula is C12H13F3N2O3. The number of hydrogen-bond donors (Lipinski definition) is 2. The van der Waals surface area contributed by atoms with Gasteiger partial charge in [0, 0.05) is 12.1 Å². The summed E-state index contributed by atoms with van der Waals surface area (Å²) in [6.07, 6.45) is -4.19. The molecule has 1 aromatic carbocycles. The van der Waals surface area contributed by atoms with Crippen LogP contribution in [0.3, 0.4) is 0 Å². The van der Waals surface area contributed by atoms with Gasteiger partial charge in [-0.1, -0.05) is 6.07 Å². The van der Waals surface area contributed by atoms with Crippen LogP contribution in [-0.2, 0) is 6.18 Å². The van der Waals surface area contributed by atoms with Crippen molar-refractivity contribution >= 4 is 11.4 Å². The number of alkyl halides is 3. The normalized spacial score (nSPS) is 25.9. The van der Waals surface area contributed by atoms with Gasteiger partial charge in [0.15, 0.2) is 0 Å². The fraction of sp³-hybridized carbons (Fsp3) is 0.500. The Balaban J connectivity index is 2.35. The van der Waals surface area contributed by atoms with Crippen molar-refractivity contribution in [2.45, 2.75) is 37.6 Å². The van der Waals surface area contributed by atoms with Crippen LogP contribution >= 0.6 is 0 Å². The molecule has 0 aliphatic heterocycles. The van der Waals surface area contributed by atoms with Crippen molar-refractivity contribution in [1.82, 2.24) is 0 Å². The van der Waals surface area contributed by atoms with Gasteiger partial charge in [0.1, 0.15) is 5.69 Å². The third kappa shape index (κ3) is 2.84. The predicted molar refractivity (Wildman–Crippen MR) is 65.4 cm³/mol. The number of halogens is 3. The van der Waals surface area contributed by atoms with Gasteiger partial charge in [-0.05, 0) is 25.8 Å². The number of benzene rings is 1. The summed E-state index contributed by atoms with van der Waals surface area (Å²) in [7, 11) is 0. The van der Waals surface area contributed by atoms with Gasteiger partial charge in [-0.3, -0.25) is 10.1 Å². The van der Waals surface area contributed by atoms with Crippen LogP contribution in [0.5, 0.6) is 0 Å². The number of nitrogens with one attached hydrogen (secondary N) is 1. The van der Waals surface area contributed by atoms with Gasteiger partial charge in [-0.2, -0.15) is 13.2 Å². The third-order valence-electron chi connectivity index (χ3n) is 3.27. The first-order valence-electron chi connectivity index (χ1n) is 5.94. The summed E-state index contributed by atoms with van der Waals surface area (Å²) >= 11 is 0.